The molecule has 4 heteroatoms. The Morgan fingerprint density at radius 2 is 2.28 bits per heavy atom. The Morgan fingerprint density at radius 1 is 1.50 bits per heavy atom. The van der Waals surface area contributed by atoms with Crippen LogP contribution in [-0.2, 0) is 4.74 Å². The lowest BCUT2D eigenvalue weighted by molar-refractivity contribution is 0.0906. The van der Waals surface area contributed by atoms with Crippen LogP contribution in [0.2, 0.25) is 0 Å². The summed E-state index contributed by atoms with van der Waals surface area (Å²) in [6.45, 7) is 3.84. The Labute approximate surface area is 108 Å². The normalized spacial score (nSPS) is 14.5. The summed E-state index contributed by atoms with van der Waals surface area (Å²) in [5, 5.41) is 2.85. The summed E-state index contributed by atoms with van der Waals surface area (Å²) in [5.74, 6) is 0.697. The summed E-state index contributed by atoms with van der Waals surface area (Å²) in [5.41, 5.74) is 7.89. The first-order valence-electron chi connectivity index (χ1n) is 6.39. The summed E-state index contributed by atoms with van der Waals surface area (Å²) in [7, 11) is 0. The van der Waals surface area contributed by atoms with Crippen LogP contribution < -0.4 is 11.1 Å². The molecule has 1 aromatic rings. The smallest absolute Gasteiger partial charge is 0.251 e. The number of rotatable bonds is 6. The van der Waals surface area contributed by atoms with Crippen LogP contribution in [0.25, 0.3) is 0 Å². The van der Waals surface area contributed by atoms with E-state index >= 15 is 0 Å². The Balaban J connectivity index is 1.72. The summed E-state index contributed by atoms with van der Waals surface area (Å²) in [4.78, 5) is 11.9. The average molecular weight is 248 g/mol. The minimum Gasteiger partial charge on any atom is -0.399 e. The van der Waals surface area contributed by atoms with Gasteiger partial charge in [0.25, 0.3) is 5.91 Å². The Hall–Kier alpha value is -1.55. The van der Waals surface area contributed by atoms with Crippen molar-refractivity contribution in [3.63, 3.8) is 0 Å². The highest BCUT2D eigenvalue weighted by Crippen LogP contribution is 2.28. The molecule has 1 amide bonds. The molecule has 0 radical (unpaired) electrons. The van der Waals surface area contributed by atoms with Crippen molar-refractivity contribution in [2.75, 3.05) is 25.5 Å². The Kier molecular flexibility index (Phi) is 4.20. The van der Waals surface area contributed by atoms with E-state index in [9.17, 15) is 4.79 Å². The van der Waals surface area contributed by atoms with Crippen molar-refractivity contribution >= 4 is 11.6 Å². The third-order valence-electron chi connectivity index (χ3n) is 3.08. The van der Waals surface area contributed by atoms with E-state index < -0.39 is 0 Å². The molecule has 0 aromatic heterocycles. The molecule has 0 saturated heterocycles. The van der Waals surface area contributed by atoms with Gasteiger partial charge in [-0.05, 0) is 49.4 Å². The number of anilines is 1. The van der Waals surface area contributed by atoms with Gasteiger partial charge in [-0.3, -0.25) is 4.79 Å². The molecule has 0 unspecified atom stereocenters. The first-order chi connectivity index (χ1) is 8.66. The van der Waals surface area contributed by atoms with Gasteiger partial charge in [0.05, 0.1) is 6.61 Å². The minimum absolute atomic E-state index is 0.0671. The van der Waals surface area contributed by atoms with Gasteiger partial charge in [-0.1, -0.05) is 0 Å². The molecule has 1 fully saturated rings. The van der Waals surface area contributed by atoms with Crippen molar-refractivity contribution in [3.05, 3.63) is 29.3 Å². The second-order valence-corrected chi connectivity index (χ2v) is 4.85. The van der Waals surface area contributed by atoms with E-state index in [2.05, 4.69) is 5.32 Å². The number of ether oxygens (including phenoxy) is 1. The number of carbonyl (C=O) groups is 1. The molecule has 0 spiro atoms. The number of amides is 1. The molecule has 2 rings (SSSR count). The molecule has 1 aliphatic rings. The Bertz CT molecular complexity index is 428. The number of benzene rings is 1. The number of nitrogens with one attached hydrogen (secondary N) is 1. The van der Waals surface area contributed by atoms with Gasteiger partial charge < -0.3 is 15.8 Å². The highest BCUT2D eigenvalue weighted by atomic mass is 16.5. The molecule has 4 nitrogen and oxygen atoms in total. The van der Waals surface area contributed by atoms with Crippen LogP contribution in [0.15, 0.2) is 18.2 Å². The van der Waals surface area contributed by atoms with E-state index in [4.69, 9.17) is 10.5 Å². The van der Waals surface area contributed by atoms with Crippen molar-refractivity contribution < 1.29 is 9.53 Å². The summed E-state index contributed by atoms with van der Waals surface area (Å²) in [6.07, 6.45) is 2.58. The van der Waals surface area contributed by atoms with Gasteiger partial charge in [-0.15, -0.1) is 0 Å². The fourth-order valence-corrected chi connectivity index (χ4v) is 1.81. The van der Waals surface area contributed by atoms with Crippen LogP contribution in [0.1, 0.15) is 28.8 Å². The molecule has 0 bridgehead atoms. The van der Waals surface area contributed by atoms with Gasteiger partial charge in [0.2, 0.25) is 0 Å². The van der Waals surface area contributed by atoms with Gasteiger partial charge in [-0.25, -0.2) is 0 Å². The maximum atomic E-state index is 11.9. The van der Waals surface area contributed by atoms with Crippen LogP contribution in [0.3, 0.4) is 0 Å². The maximum absolute atomic E-state index is 11.9. The molecule has 0 heterocycles. The molecule has 1 aromatic carbocycles. The van der Waals surface area contributed by atoms with Crippen LogP contribution in [0.4, 0.5) is 5.69 Å². The molecule has 0 aliphatic heterocycles. The monoisotopic (exact) mass is 248 g/mol. The lowest BCUT2D eigenvalue weighted by atomic mass is 10.1. The highest BCUT2D eigenvalue weighted by molar-refractivity contribution is 5.95. The zero-order valence-corrected chi connectivity index (χ0v) is 10.7. The van der Waals surface area contributed by atoms with E-state index in [1.807, 2.05) is 6.92 Å². The standard InChI is InChI=1S/C14H20N2O2/c1-10-8-12(15)4-5-13(10)14(17)16-6-7-18-9-11-2-3-11/h4-5,8,11H,2-3,6-7,9,15H2,1H3,(H,16,17). The third kappa shape index (κ3) is 3.74. The minimum atomic E-state index is -0.0671. The largest absolute Gasteiger partial charge is 0.399 e. The van der Waals surface area contributed by atoms with E-state index in [-0.39, 0.29) is 5.91 Å². The van der Waals surface area contributed by atoms with E-state index in [0.717, 1.165) is 18.1 Å². The van der Waals surface area contributed by atoms with Crippen molar-refractivity contribution in [2.45, 2.75) is 19.8 Å². The number of aryl methyl sites for hydroxylation is 1. The predicted molar refractivity (Wildman–Crippen MR) is 71.5 cm³/mol. The number of carbonyl (C=O) groups excluding carboxylic acids is 1. The van der Waals surface area contributed by atoms with Crippen molar-refractivity contribution in [2.24, 2.45) is 5.92 Å². The summed E-state index contributed by atoms with van der Waals surface area (Å²) >= 11 is 0. The average Bonchev–Trinajstić information content (AvgIpc) is 3.12. The zero-order valence-electron chi connectivity index (χ0n) is 10.7. The lowest BCUT2D eigenvalue weighted by Gasteiger charge is -2.08. The van der Waals surface area contributed by atoms with Gasteiger partial charge in [0.15, 0.2) is 0 Å². The molecule has 98 valence electrons. The van der Waals surface area contributed by atoms with Gasteiger partial charge in [0.1, 0.15) is 0 Å². The molecular weight excluding hydrogens is 228 g/mol. The van der Waals surface area contributed by atoms with Gasteiger partial charge in [0, 0.05) is 24.4 Å². The lowest BCUT2D eigenvalue weighted by Crippen LogP contribution is -2.28. The van der Waals surface area contributed by atoms with Crippen molar-refractivity contribution in [3.8, 4) is 0 Å². The molecule has 1 aliphatic carbocycles. The van der Waals surface area contributed by atoms with Gasteiger partial charge in [-0.2, -0.15) is 0 Å². The van der Waals surface area contributed by atoms with E-state index in [1.165, 1.54) is 12.8 Å². The van der Waals surface area contributed by atoms with Crippen LogP contribution in [0.5, 0.6) is 0 Å². The maximum Gasteiger partial charge on any atom is 0.251 e. The van der Waals surface area contributed by atoms with Crippen LogP contribution in [0, 0.1) is 12.8 Å². The van der Waals surface area contributed by atoms with Gasteiger partial charge >= 0.3 is 0 Å². The number of hydrogen-bond donors (Lipinski definition) is 2. The second-order valence-electron chi connectivity index (χ2n) is 4.85. The number of hydrogen-bond acceptors (Lipinski definition) is 3. The zero-order chi connectivity index (χ0) is 13.0. The molecule has 3 N–H and O–H groups in total. The molecular formula is C14H20N2O2. The number of nitrogens with two attached hydrogens (primary N) is 1. The molecule has 1 saturated carbocycles. The highest BCUT2D eigenvalue weighted by Gasteiger charge is 2.20. The van der Waals surface area contributed by atoms with E-state index in [0.29, 0.717) is 24.4 Å². The topological polar surface area (TPSA) is 64.4 Å². The van der Waals surface area contributed by atoms with Crippen LogP contribution >= 0.6 is 0 Å². The first-order valence-corrected chi connectivity index (χ1v) is 6.39. The quantitative estimate of drug-likeness (QED) is 0.595. The first kappa shape index (κ1) is 12.9. The molecule has 0 atom stereocenters. The SMILES string of the molecule is Cc1cc(N)ccc1C(=O)NCCOCC1CC1. The van der Waals surface area contributed by atoms with Crippen LogP contribution in [-0.4, -0.2) is 25.7 Å². The second kappa shape index (κ2) is 5.87. The summed E-state index contributed by atoms with van der Waals surface area (Å²) in [6, 6.07) is 5.30. The third-order valence-corrected chi connectivity index (χ3v) is 3.08. The molecule has 18 heavy (non-hydrogen) atoms. The fourth-order valence-electron chi connectivity index (χ4n) is 1.81. The Morgan fingerprint density at radius 3 is 2.94 bits per heavy atom. The van der Waals surface area contributed by atoms with Crippen molar-refractivity contribution in [1.29, 1.82) is 0 Å². The fraction of sp³-hybridized carbons (Fsp3) is 0.500. The predicted octanol–water partition coefficient (Wildman–Crippen LogP) is 1.73. The summed E-state index contributed by atoms with van der Waals surface area (Å²) < 4.78 is 5.46. The number of nitrogen functional groups attached to an aromatic ring is 1. The van der Waals surface area contributed by atoms with Crippen molar-refractivity contribution in [1.82, 2.24) is 5.32 Å². The van der Waals surface area contributed by atoms with E-state index in [1.54, 1.807) is 18.2 Å².